The van der Waals surface area contributed by atoms with Crippen LogP contribution in [0.15, 0.2) is 15.7 Å². The van der Waals surface area contributed by atoms with Crippen LogP contribution >= 0.6 is 0 Å². The lowest BCUT2D eigenvalue weighted by molar-refractivity contribution is -0.00785. The predicted octanol–water partition coefficient (Wildman–Crippen LogP) is 2.50. The molecular formula is C15H20N2O3S. The van der Waals surface area contributed by atoms with Crippen LogP contribution in [0.25, 0.3) is 0 Å². The van der Waals surface area contributed by atoms with Gasteiger partial charge in [-0.05, 0) is 56.8 Å². The van der Waals surface area contributed by atoms with Gasteiger partial charge in [0.25, 0.3) is 15.1 Å². The zero-order chi connectivity index (χ0) is 14.2. The second kappa shape index (κ2) is 4.10. The summed E-state index contributed by atoms with van der Waals surface area (Å²) in [6, 6.07) is 0.390. The van der Waals surface area contributed by atoms with Crippen molar-refractivity contribution in [3.05, 3.63) is 12.1 Å². The van der Waals surface area contributed by atoms with E-state index in [1.807, 2.05) is 0 Å². The molecule has 3 heterocycles. The number of piperidine rings is 2. The highest BCUT2D eigenvalue weighted by Gasteiger charge is 2.52. The summed E-state index contributed by atoms with van der Waals surface area (Å²) in [5.41, 5.74) is 0. The Morgan fingerprint density at radius 1 is 1.05 bits per heavy atom. The average Bonchev–Trinajstić information content (AvgIpc) is 3.14. The maximum atomic E-state index is 13.0. The maximum absolute atomic E-state index is 13.0. The van der Waals surface area contributed by atoms with Crippen LogP contribution in [0.2, 0.25) is 0 Å². The van der Waals surface area contributed by atoms with Crippen LogP contribution < -0.4 is 0 Å². The van der Waals surface area contributed by atoms with E-state index in [-0.39, 0.29) is 17.2 Å². The summed E-state index contributed by atoms with van der Waals surface area (Å²) < 4.78 is 33.3. The first-order chi connectivity index (χ1) is 10.1. The zero-order valence-corrected chi connectivity index (χ0v) is 12.8. The standard InChI is InChI=1S/C15H20N2O3S/c18-21(19,14-8-16-15(20-14)11-1-2-11)17-12-4-9-3-10(6-12)7-13(17)5-9/h8-13H,1-7H2. The summed E-state index contributed by atoms with van der Waals surface area (Å²) in [6.07, 6.45) is 9.02. The fraction of sp³-hybridized carbons (Fsp3) is 0.800. The van der Waals surface area contributed by atoms with Gasteiger partial charge in [-0.3, -0.25) is 0 Å². The summed E-state index contributed by atoms with van der Waals surface area (Å²) in [7, 11) is -3.50. The summed E-state index contributed by atoms with van der Waals surface area (Å²) in [4.78, 5) is 4.18. The fourth-order valence-electron chi connectivity index (χ4n) is 4.90. The molecule has 4 bridgehead atoms. The molecule has 6 heteroatoms. The third kappa shape index (κ3) is 1.84. The second-order valence-electron chi connectivity index (χ2n) is 7.34. The van der Waals surface area contributed by atoms with E-state index in [9.17, 15) is 8.42 Å². The first-order valence-electron chi connectivity index (χ1n) is 8.10. The van der Waals surface area contributed by atoms with E-state index in [1.54, 1.807) is 4.31 Å². The Labute approximate surface area is 124 Å². The minimum absolute atomic E-state index is 0.0665. The lowest BCUT2D eigenvalue weighted by Gasteiger charge is -2.55. The van der Waals surface area contributed by atoms with Gasteiger partial charge in [-0.25, -0.2) is 13.4 Å². The van der Waals surface area contributed by atoms with E-state index in [4.69, 9.17) is 4.42 Å². The highest BCUT2D eigenvalue weighted by Crippen LogP contribution is 2.51. The molecule has 1 aromatic rings. The molecular weight excluding hydrogens is 288 g/mol. The quantitative estimate of drug-likeness (QED) is 0.860. The van der Waals surface area contributed by atoms with Crippen molar-refractivity contribution in [1.29, 1.82) is 0 Å². The highest BCUT2D eigenvalue weighted by molar-refractivity contribution is 7.89. The van der Waals surface area contributed by atoms with Crippen molar-refractivity contribution in [3.63, 3.8) is 0 Å². The van der Waals surface area contributed by atoms with Crippen molar-refractivity contribution in [1.82, 2.24) is 9.29 Å². The van der Waals surface area contributed by atoms with E-state index in [0.29, 0.717) is 11.8 Å². The van der Waals surface area contributed by atoms with Crippen LogP contribution in [0.1, 0.15) is 56.8 Å². The molecule has 0 amide bonds. The molecule has 0 unspecified atom stereocenters. The molecule has 0 radical (unpaired) electrons. The van der Waals surface area contributed by atoms with E-state index in [0.717, 1.165) is 50.4 Å². The lowest BCUT2D eigenvalue weighted by Crippen LogP contribution is -2.59. The minimum atomic E-state index is -3.50. The number of hydrogen-bond donors (Lipinski definition) is 0. The third-order valence-electron chi connectivity index (χ3n) is 5.77. The number of aromatic nitrogens is 1. The van der Waals surface area contributed by atoms with Crippen LogP contribution in [0.3, 0.4) is 0 Å². The van der Waals surface area contributed by atoms with Crippen molar-refractivity contribution < 1.29 is 12.8 Å². The molecule has 5 aliphatic rings. The van der Waals surface area contributed by atoms with Gasteiger partial charge in [0, 0.05) is 18.0 Å². The summed E-state index contributed by atoms with van der Waals surface area (Å²) in [6.45, 7) is 0. The predicted molar refractivity (Wildman–Crippen MR) is 75.1 cm³/mol. The molecule has 21 heavy (non-hydrogen) atoms. The topological polar surface area (TPSA) is 63.4 Å². The van der Waals surface area contributed by atoms with E-state index < -0.39 is 10.0 Å². The largest absolute Gasteiger partial charge is 0.428 e. The van der Waals surface area contributed by atoms with Gasteiger partial charge in [0.1, 0.15) is 0 Å². The number of oxazole rings is 1. The Morgan fingerprint density at radius 2 is 1.67 bits per heavy atom. The molecule has 2 saturated heterocycles. The van der Waals surface area contributed by atoms with Crippen molar-refractivity contribution >= 4 is 10.0 Å². The van der Waals surface area contributed by atoms with Crippen molar-refractivity contribution in [2.24, 2.45) is 11.8 Å². The average molecular weight is 308 g/mol. The van der Waals surface area contributed by atoms with Gasteiger partial charge in [-0.2, -0.15) is 4.31 Å². The third-order valence-corrected chi connectivity index (χ3v) is 7.62. The summed E-state index contributed by atoms with van der Waals surface area (Å²) in [5, 5.41) is 0.0665. The van der Waals surface area contributed by atoms with Crippen LogP contribution in [0, 0.1) is 11.8 Å². The monoisotopic (exact) mass is 308 g/mol. The number of hydrogen-bond acceptors (Lipinski definition) is 4. The molecule has 0 N–H and O–H groups in total. The number of nitrogens with zero attached hydrogens (tertiary/aromatic N) is 2. The van der Waals surface area contributed by atoms with E-state index >= 15 is 0 Å². The van der Waals surface area contributed by atoms with Crippen LogP contribution in [-0.4, -0.2) is 29.8 Å². The summed E-state index contributed by atoms with van der Waals surface area (Å²) in [5.74, 6) is 2.45. The highest BCUT2D eigenvalue weighted by atomic mass is 32.2. The minimum Gasteiger partial charge on any atom is -0.428 e. The molecule has 5 fully saturated rings. The molecule has 6 rings (SSSR count). The molecule has 3 saturated carbocycles. The number of sulfonamides is 1. The Kier molecular flexibility index (Phi) is 2.47. The van der Waals surface area contributed by atoms with Gasteiger partial charge in [0.05, 0.1) is 6.20 Å². The molecule has 1 aromatic heterocycles. The van der Waals surface area contributed by atoms with E-state index in [2.05, 4.69) is 4.98 Å². The Hall–Kier alpha value is -0.880. The van der Waals surface area contributed by atoms with Gasteiger partial charge in [0.15, 0.2) is 5.89 Å². The Morgan fingerprint density at radius 3 is 2.24 bits per heavy atom. The van der Waals surface area contributed by atoms with Crippen molar-refractivity contribution in [3.8, 4) is 0 Å². The van der Waals surface area contributed by atoms with Crippen molar-refractivity contribution in [2.75, 3.05) is 0 Å². The molecule has 2 aliphatic heterocycles. The van der Waals surface area contributed by atoms with Gasteiger partial charge in [-0.1, -0.05) is 0 Å². The lowest BCUT2D eigenvalue weighted by atomic mass is 9.65. The molecule has 0 aromatic carbocycles. The zero-order valence-electron chi connectivity index (χ0n) is 11.9. The Balaban J connectivity index is 1.50. The second-order valence-corrected chi connectivity index (χ2v) is 9.12. The normalized spacial score (nSPS) is 39.0. The molecule has 0 atom stereocenters. The van der Waals surface area contributed by atoms with Crippen LogP contribution in [-0.2, 0) is 10.0 Å². The van der Waals surface area contributed by atoms with Gasteiger partial charge in [0.2, 0.25) is 0 Å². The maximum Gasteiger partial charge on any atom is 0.278 e. The number of rotatable bonds is 3. The smallest absolute Gasteiger partial charge is 0.278 e. The van der Waals surface area contributed by atoms with Gasteiger partial charge >= 0.3 is 0 Å². The molecule has 0 spiro atoms. The van der Waals surface area contributed by atoms with Gasteiger partial charge < -0.3 is 4.42 Å². The molecule has 114 valence electrons. The van der Waals surface area contributed by atoms with Crippen LogP contribution in [0.4, 0.5) is 0 Å². The van der Waals surface area contributed by atoms with Crippen molar-refractivity contribution in [2.45, 2.75) is 68.0 Å². The first kappa shape index (κ1) is 12.6. The SMILES string of the molecule is O=S(=O)(c1cnc(C2CC2)o1)N1C2CC3CC(C2)CC1C3. The summed E-state index contributed by atoms with van der Waals surface area (Å²) >= 11 is 0. The molecule has 3 aliphatic carbocycles. The Bertz CT molecular complexity index is 649. The van der Waals surface area contributed by atoms with Gasteiger partial charge in [-0.15, -0.1) is 0 Å². The fourth-order valence-corrected chi connectivity index (χ4v) is 6.61. The molecule has 5 nitrogen and oxygen atoms in total. The van der Waals surface area contributed by atoms with Crippen LogP contribution in [0.5, 0.6) is 0 Å². The van der Waals surface area contributed by atoms with E-state index in [1.165, 1.54) is 12.6 Å². The first-order valence-corrected chi connectivity index (χ1v) is 9.54.